The maximum Gasteiger partial charge on any atom is 0.182 e. The lowest BCUT2D eigenvalue weighted by Gasteiger charge is -2.53. The SMILES string of the molecule is C=C(O)CCc1cc(F)cc(C2(c3cnc(-c4cc(Oc5c(F)cc6[nH]ccc6c5S(C)(=O)=O)ccc4F)[nH]3)CC(C)(C)C2)c1. The highest BCUT2D eigenvalue weighted by Gasteiger charge is 2.52. The number of sulfone groups is 1. The molecule has 7 nitrogen and oxygen atoms in total. The standard InChI is InChI=1S/C34H32F3N3O4S/c1-19(41)5-6-20-11-21(13-22(35)12-20)34(17-33(2,3)18-34)29-16-39-32(40-29)25-14-23(7-8-26(25)36)44-30-27(37)15-28-24(9-10-38-28)31(30)45(4,42)43/h7-16,38,41H,1,5-6,17-18H2,2-4H3,(H,39,40). The van der Waals surface area contributed by atoms with Gasteiger partial charge in [-0.1, -0.05) is 26.5 Å². The Balaban J connectivity index is 1.38. The number of ether oxygens (including phenoxy) is 1. The molecule has 0 spiro atoms. The van der Waals surface area contributed by atoms with Gasteiger partial charge in [-0.15, -0.1) is 0 Å². The second kappa shape index (κ2) is 10.8. The van der Waals surface area contributed by atoms with Crippen LogP contribution in [0.1, 0.15) is 49.9 Å². The van der Waals surface area contributed by atoms with Crippen molar-refractivity contribution in [3.8, 4) is 22.9 Å². The largest absolute Gasteiger partial charge is 0.513 e. The molecule has 1 aliphatic carbocycles. The molecule has 3 N–H and O–H groups in total. The van der Waals surface area contributed by atoms with Gasteiger partial charge in [0.25, 0.3) is 0 Å². The summed E-state index contributed by atoms with van der Waals surface area (Å²) in [6, 6.07) is 11.3. The van der Waals surface area contributed by atoms with Crippen molar-refractivity contribution in [2.24, 2.45) is 5.41 Å². The Bertz CT molecular complexity index is 2070. The van der Waals surface area contributed by atoms with Crippen LogP contribution >= 0.6 is 0 Å². The van der Waals surface area contributed by atoms with Crippen molar-refractivity contribution in [1.82, 2.24) is 15.0 Å². The van der Waals surface area contributed by atoms with Crippen LogP contribution in [0.15, 0.2) is 78.2 Å². The smallest absolute Gasteiger partial charge is 0.182 e. The number of H-pyrrole nitrogens is 2. The van der Waals surface area contributed by atoms with Gasteiger partial charge >= 0.3 is 0 Å². The lowest BCUT2D eigenvalue weighted by Crippen LogP contribution is -2.47. The molecule has 0 bridgehead atoms. The molecule has 0 aliphatic heterocycles. The van der Waals surface area contributed by atoms with Crippen LogP contribution < -0.4 is 4.74 Å². The van der Waals surface area contributed by atoms with Crippen LogP contribution in [0.5, 0.6) is 11.5 Å². The summed E-state index contributed by atoms with van der Waals surface area (Å²) >= 11 is 0. The molecule has 1 aliphatic rings. The Morgan fingerprint density at radius 1 is 1.07 bits per heavy atom. The number of aliphatic hydroxyl groups excluding tert-OH is 1. The fraction of sp³-hybridized carbons (Fsp3) is 0.265. The highest BCUT2D eigenvalue weighted by Crippen LogP contribution is 2.58. The van der Waals surface area contributed by atoms with Gasteiger partial charge in [0.05, 0.1) is 11.3 Å². The number of aryl methyl sites for hydroxylation is 1. The zero-order valence-electron chi connectivity index (χ0n) is 25.0. The molecule has 5 aromatic rings. The molecule has 0 saturated heterocycles. The van der Waals surface area contributed by atoms with Crippen LogP contribution in [0.3, 0.4) is 0 Å². The summed E-state index contributed by atoms with van der Waals surface area (Å²) in [5.41, 5.74) is 1.80. The second-order valence-electron chi connectivity index (χ2n) is 12.6. The third-order valence-electron chi connectivity index (χ3n) is 8.37. The molecule has 0 radical (unpaired) electrons. The number of rotatable bonds is 9. The molecule has 6 rings (SSSR count). The number of allylic oxidation sites excluding steroid dienone is 1. The summed E-state index contributed by atoms with van der Waals surface area (Å²) in [5.74, 6) is -2.23. The van der Waals surface area contributed by atoms with E-state index < -0.39 is 38.5 Å². The molecule has 1 fully saturated rings. The normalized spacial score (nSPS) is 15.6. The Morgan fingerprint density at radius 3 is 2.51 bits per heavy atom. The van der Waals surface area contributed by atoms with Crippen LogP contribution in [0.2, 0.25) is 0 Å². The minimum atomic E-state index is -3.92. The summed E-state index contributed by atoms with van der Waals surface area (Å²) in [4.78, 5) is 10.2. The molecule has 234 valence electrons. The molecular weight excluding hydrogens is 603 g/mol. The van der Waals surface area contributed by atoms with Crippen LogP contribution in [-0.4, -0.2) is 34.7 Å². The first-order chi connectivity index (χ1) is 21.1. The second-order valence-corrected chi connectivity index (χ2v) is 14.6. The average Bonchev–Trinajstić information content (AvgIpc) is 3.60. The van der Waals surface area contributed by atoms with Gasteiger partial charge in [-0.25, -0.2) is 26.6 Å². The van der Waals surface area contributed by atoms with E-state index >= 15 is 8.78 Å². The van der Waals surface area contributed by atoms with E-state index in [0.29, 0.717) is 36.9 Å². The third kappa shape index (κ3) is 5.72. The number of fused-ring (bicyclic) bond motifs is 1. The Morgan fingerprint density at radius 2 is 1.82 bits per heavy atom. The maximum absolute atomic E-state index is 15.2. The summed E-state index contributed by atoms with van der Waals surface area (Å²) in [6.45, 7) is 7.75. The van der Waals surface area contributed by atoms with Gasteiger partial charge in [-0.05, 0) is 72.2 Å². The number of halogens is 3. The van der Waals surface area contributed by atoms with E-state index in [9.17, 15) is 17.9 Å². The van der Waals surface area contributed by atoms with Gasteiger partial charge in [0.2, 0.25) is 0 Å². The first-order valence-corrected chi connectivity index (χ1v) is 16.2. The minimum absolute atomic E-state index is 0.00256. The Labute approximate surface area is 258 Å². The molecule has 3 aromatic carbocycles. The molecule has 0 atom stereocenters. The van der Waals surface area contributed by atoms with Crippen molar-refractivity contribution in [3.63, 3.8) is 0 Å². The van der Waals surface area contributed by atoms with Gasteiger partial charge < -0.3 is 19.8 Å². The number of hydrogen-bond donors (Lipinski definition) is 3. The molecule has 0 unspecified atom stereocenters. The van der Waals surface area contributed by atoms with Gasteiger partial charge in [0, 0.05) is 53.1 Å². The van der Waals surface area contributed by atoms with E-state index in [1.54, 1.807) is 6.20 Å². The Hall–Kier alpha value is -4.51. The lowest BCUT2D eigenvalue weighted by molar-refractivity contribution is 0.0850. The summed E-state index contributed by atoms with van der Waals surface area (Å²) in [7, 11) is -3.92. The lowest BCUT2D eigenvalue weighted by atomic mass is 9.50. The number of nitrogens with zero attached hydrogens (tertiary/aromatic N) is 1. The first-order valence-electron chi connectivity index (χ1n) is 14.3. The van der Waals surface area contributed by atoms with Crippen molar-refractivity contribution < 1.29 is 31.4 Å². The number of aromatic amines is 2. The molecule has 0 amide bonds. The van der Waals surface area contributed by atoms with Crippen LogP contribution in [0.25, 0.3) is 22.3 Å². The van der Waals surface area contributed by atoms with Crippen molar-refractivity contribution in [2.75, 3.05) is 6.26 Å². The molecule has 2 heterocycles. The quantitative estimate of drug-likeness (QED) is 0.141. The highest BCUT2D eigenvalue weighted by atomic mass is 32.2. The summed E-state index contributed by atoms with van der Waals surface area (Å²) < 4.78 is 76.4. The topological polar surface area (TPSA) is 108 Å². The molecule has 45 heavy (non-hydrogen) atoms. The zero-order chi connectivity index (χ0) is 32.3. The van der Waals surface area contributed by atoms with Crippen molar-refractivity contribution in [1.29, 1.82) is 0 Å². The summed E-state index contributed by atoms with van der Waals surface area (Å²) in [5, 5.41) is 9.83. The van der Waals surface area contributed by atoms with E-state index in [-0.39, 0.29) is 38.6 Å². The monoisotopic (exact) mass is 635 g/mol. The van der Waals surface area contributed by atoms with E-state index in [0.717, 1.165) is 29.5 Å². The predicted octanol–water partition coefficient (Wildman–Crippen LogP) is 8.28. The fourth-order valence-electron chi connectivity index (χ4n) is 6.65. The van der Waals surface area contributed by atoms with E-state index in [4.69, 9.17) is 4.74 Å². The predicted molar refractivity (Wildman–Crippen MR) is 166 cm³/mol. The zero-order valence-corrected chi connectivity index (χ0v) is 25.8. The van der Waals surface area contributed by atoms with Crippen LogP contribution in [0.4, 0.5) is 13.2 Å². The molecule has 11 heteroatoms. The third-order valence-corrected chi connectivity index (χ3v) is 9.51. The first kappa shape index (κ1) is 30.5. The fourth-order valence-corrected chi connectivity index (χ4v) is 7.70. The van der Waals surface area contributed by atoms with Crippen LogP contribution in [-0.2, 0) is 21.7 Å². The Kier molecular flexibility index (Phi) is 7.35. The number of aromatic nitrogens is 3. The van der Waals surface area contributed by atoms with E-state index in [2.05, 4.69) is 35.4 Å². The maximum atomic E-state index is 15.2. The number of aliphatic hydroxyl groups is 1. The van der Waals surface area contributed by atoms with Crippen molar-refractivity contribution >= 4 is 20.7 Å². The van der Waals surface area contributed by atoms with Gasteiger partial charge in [-0.3, -0.25) is 0 Å². The minimum Gasteiger partial charge on any atom is -0.513 e. The highest BCUT2D eigenvalue weighted by molar-refractivity contribution is 7.91. The van der Waals surface area contributed by atoms with E-state index in [1.807, 2.05) is 6.07 Å². The molecule has 2 aromatic heterocycles. The van der Waals surface area contributed by atoms with Crippen molar-refractivity contribution in [2.45, 2.75) is 49.8 Å². The van der Waals surface area contributed by atoms with Crippen LogP contribution in [0, 0.1) is 22.9 Å². The number of benzene rings is 3. The average molecular weight is 636 g/mol. The van der Waals surface area contributed by atoms with E-state index in [1.165, 1.54) is 36.5 Å². The summed E-state index contributed by atoms with van der Waals surface area (Å²) in [6.07, 6.45) is 6.16. The molecular formula is C34H32F3N3O4S. The van der Waals surface area contributed by atoms with Crippen molar-refractivity contribution in [3.05, 3.63) is 108 Å². The number of imidazole rings is 1. The van der Waals surface area contributed by atoms with Gasteiger partial charge in [0.1, 0.15) is 28.1 Å². The van der Waals surface area contributed by atoms with Gasteiger partial charge in [-0.2, -0.15) is 0 Å². The molecule has 1 saturated carbocycles. The van der Waals surface area contributed by atoms with Gasteiger partial charge in [0.15, 0.2) is 21.4 Å². The number of nitrogens with one attached hydrogen (secondary N) is 2. The number of hydrogen-bond acceptors (Lipinski definition) is 5.